The Balaban J connectivity index is 2.43. The quantitative estimate of drug-likeness (QED) is 0.790. The second kappa shape index (κ2) is 7.93. The molecule has 0 aromatic heterocycles. The molecule has 0 heterocycles. The standard InChI is InChI=1S/C15H17NO3/c1-2-12(10-15(18)19)11-16-14(17)9-8-13-6-4-3-5-7-13/h3-7,12H,2,10-11H2,1H3,(H,16,17)(H,18,19). The molecule has 0 fully saturated rings. The van der Waals surface area contributed by atoms with E-state index in [1.165, 1.54) is 0 Å². The molecule has 0 aliphatic carbocycles. The fourth-order valence-electron chi connectivity index (χ4n) is 1.54. The smallest absolute Gasteiger partial charge is 0.303 e. The molecule has 100 valence electrons. The van der Waals surface area contributed by atoms with Gasteiger partial charge in [0.2, 0.25) is 0 Å². The van der Waals surface area contributed by atoms with E-state index in [1.54, 1.807) is 0 Å². The summed E-state index contributed by atoms with van der Waals surface area (Å²) < 4.78 is 0. The van der Waals surface area contributed by atoms with Crippen molar-refractivity contribution in [3.63, 3.8) is 0 Å². The first kappa shape index (κ1) is 14.8. The van der Waals surface area contributed by atoms with Gasteiger partial charge < -0.3 is 10.4 Å². The number of carbonyl (C=O) groups is 2. The summed E-state index contributed by atoms with van der Waals surface area (Å²) in [5.41, 5.74) is 0.773. The Morgan fingerprint density at radius 2 is 2.00 bits per heavy atom. The first-order chi connectivity index (χ1) is 9.11. The molecule has 1 rings (SSSR count). The number of amides is 1. The average Bonchev–Trinajstić information content (AvgIpc) is 2.42. The fourth-order valence-corrected chi connectivity index (χ4v) is 1.54. The largest absolute Gasteiger partial charge is 0.481 e. The second-order valence-electron chi connectivity index (χ2n) is 4.20. The number of hydrogen-bond acceptors (Lipinski definition) is 2. The van der Waals surface area contributed by atoms with Crippen LogP contribution in [0.1, 0.15) is 25.3 Å². The topological polar surface area (TPSA) is 66.4 Å². The number of nitrogens with one attached hydrogen (secondary N) is 1. The summed E-state index contributed by atoms with van der Waals surface area (Å²) in [5.74, 6) is 3.94. The zero-order chi connectivity index (χ0) is 14.1. The zero-order valence-corrected chi connectivity index (χ0v) is 10.8. The Morgan fingerprint density at radius 3 is 2.58 bits per heavy atom. The van der Waals surface area contributed by atoms with Crippen molar-refractivity contribution in [2.45, 2.75) is 19.8 Å². The van der Waals surface area contributed by atoms with Crippen molar-refractivity contribution in [3.8, 4) is 11.8 Å². The average molecular weight is 259 g/mol. The third kappa shape index (κ3) is 6.27. The molecular weight excluding hydrogens is 242 g/mol. The third-order valence-corrected chi connectivity index (χ3v) is 2.69. The first-order valence-electron chi connectivity index (χ1n) is 6.18. The van der Waals surface area contributed by atoms with Gasteiger partial charge in [0.15, 0.2) is 0 Å². The molecule has 19 heavy (non-hydrogen) atoms. The highest BCUT2D eigenvalue weighted by atomic mass is 16.4. The number of aliphatic carboxylic acids is 1. The summed E-state index contributed by atoms with van der Waals surface area (Å²) in [5, 5.41) is 11.3. The van der Waals surface area contributed by atoms with E-state index < -0.39 is 5.97 Å². The van der Waals surface area contributed by atoms with Crippen LogP contribution in [0.25, 0.3) is 0 Å². The van der Waals surface area contributed by atoms with Crippen LogP contribution in [0.2, 0.25) is 0 Å². The molecule has 0 bridgehead atoms. The maximum atomic E-state index is 11.5. The van der Waals surface area contributed by atoms with Crippen molar-refractivity contribution in [1.29, 1.82) is 0 Å². The summed E-state index contributed by atoms with van der Waals surface area (Å²) in [4.78, 5) is 22.1. The van der Waals surface area contributed by atoms with Gasteiger partial charge in [0, 0.05) is 24.4 Å². The van der Waals surface area contributed by atoms with E-state index in [-0.39, 0.29) is 18.2 Å². The van der Waals surface area contributed by atoms with Crippen LogP contribution < -0.4 is 5.32 Å². The molecule has 1 atom stereocenters. The van der Waals surface area contributed by atoms with E-state index in [9.17, 15) is 9.59 Å². The summed E-state index contributed by atoms with van der Waals surface area (Å²) in [6, 6.07) is 9.21. The number of benzene rings is 1. The summed E-state index contributed by atoms with van der Waals surface area (Å²) in [6.45, 7) is 2.24. The SMILES string of the molecule is CCC(CNC(=O)C#Cc1ccccc1)CC(=O)O. The summed E-state index contributed by atoms with van der Waals surface area (Å²) in [6.07, 6.45) is 0.765. The van der Waals surface area contributed by atoms with E-state index in [4.69, 9.17) is 5.11 Å². The second-order valence-corrected chi connectivity index (χ2v) is 4.20. The molecule has 0 saturated carbocycles. The van der Waals surface area contributed by atoms with Crippen molar-refractivity contribution in [1.82, 2.24) is 5.32 Å². The van der Waals surface area contributed by atoms with Gasteiger partial charge in [-0.1, -0.05) is 37.5 Å². The molecule has 0 saturated heterocycles. The van der Waals surface area contributed by atoms with Gasteiger partial charge in [-0.05, 0) is 18.1 Å². The lowest BCUT2D eigenvalue weighted by atomic mass is 10.0. The molecule has 0 aliphatic rings. The summed E-state index contributed by atoms with van der Waals surface area (Å²) in [7, 11) is 0. The van der Waals surface area contributed by atoms with E-state index in [0.717, 1.165) is 5.56 Å². The van der Waals surface area contributed by atoms with E-state index in [2.05, 4.69) is 17.2 Å². The number of hydrogen-bond donors (Lipinski definition) is 2. The minimum Gasteiger partial charge on any atom is -0.481 e. The molecular formula is C15H17NO3. The van der Waals surface area contributed by atoms with Gasteiger partial charge in [-0.2, -0.15) is 0 Å². The van der Waals surface area contributed by atoms with Crippen molar-refractivity contribution in [2.75, 3.05) is 6.54 Å². The lowest BCUT2D eigenvalue weighted by Crippen LogP contribution is -2.29. The summed E-state index contributed by atoms with van der Waals surface area (Å²) >= 11 is 0. The Bertz CT molecular complexity index is 485. The highest BCUT2D eigenvalue weighted by molar-refractivity contribution is 5.94. The molecule has 1 aromatic rings. The molecule has 0 spiro atoms. The van der Waals surface area contributed by atoms with Crippen LogP contribution >= 0.6 is 0 Å². The first-order valence-corrected chi connectivity index (χ1v) is 6.18. The van der Waals surface area contributed by atoms with Gasteiger partial charge in [-0.3, -0.25) is 9.59 Å². The van der Waals surface area contributed by atoms with Crippen LogP contribution in [0.4, 0.5) is 0 Å². The third-order valence-electron chi connectivity index (χ3n) is 2.69. The Hall–Kier alpha value is -2.28. The fraction of sp³-hybridized carbons (Fsp3) is 0.333. The van der Waals surface area contributed by atoms with Gasteiger partial charge in [0.25, 0.3) is 5.91 Å². The number of rotatable bonds is 5. The van der Waals surface area contributed by atoms with Crippen molar-refractivity contribution >= 4 is 11.9 Å². The Labute approximate surface area is 112 Å². The predicted molar refractivity (Wildman–Crippen MR) is 72.4 cm³/mol. The van der Waals surface area contributed by atoms with Gasteiger partial charge in [-0.25, -0.2) is 0 Å². The number of carbonyl (C=O) groups excluding carboxylic acids is 1. The van der Waals surface area contributed by atoms with Gasteiger partial charge in [-0.15, -0.1) is 0 Å². The molecule has 0 aliphatic heterocycles. The van der Waals surface area contributed by atoms with Crippen LogP contribution in [0, 0.1) is 17.8 Å². The maximum absolute atomic E-state index is 11.5. The molecule has 4 heteroatoms. The molecule has 0 radical (unpaired) electrons. The minimum absolute atomic E-state index is 0.0556. The predicted octanol–water partition coefficient (Wildman–Crippen LogP) is 1.66. The minimum atomic E-state index is -0.850. The van der Waals surface area contributed by atoms with E-state index >= 15 is 0 Å². The van der Waals surface area contributed by atoms with Crippen molar-refractivity contribution in [2.24, 2.45) is 5.92 Å². The van der Waals surface area contributed by atoms with Crippen LogP contribution in [-0.2, 0) is 9.59 Å². The lowest BCUT2D eigenvalue weighted by Gasteiger charge is -2.11. The van der Waals surface area contributed by atoms with E-state index in [0.29, 0.717) is 13.0 Å². The van der Waals surface area contributed by atoms with Crippen LogP contribution in [0.3, 0.4) is 0 Å². The Morgan fingerprint density at radius 1 is 1.32 bits per heavy atom. The van der Waals surface area contributed by atoms with Gasteiger partial charge >= 0.3 is 5.97 Å². The number of carboxylic acids is 1. The van der Waals surface area contributed by atoms with Crippen LogP contribution in [0.5, 0.6) is 0 Å². The zero-order valence-electron chi connectivity index (χ0n) is 10.8. The highest BCUT2D eigenvalue weighted by Crippen LogP contribution is 2.06. The highest BCUT2D eigenvalue weighted by Gasteiger charge is 2.11. The Kier molecular flexibility index (Phi) is 6.17. The lowest BCUT2D eigenvalue weighted by molar-refractivity contribution is -0.138. The molecule has 4 nitrogen and oxygen atoms in total. The van der Waals surface area contributed by atoms with Crippen LogP contribution in [0.15, 0.2) is 30.3 Å². The molecule has 2 N–H and O–H groups in total. The van der Waals surface area contributed by atoms with Gasteiger partial charge in [0.1, 0.15) is 0 Å². The molecule has 1 amide bonds. The van der Waals surface area contributed by atoms with Gasteiger partial charge in [0.05, 0.1) is 0 Å². The normalized spacial score (nSPS) is 11.0. The number of carboxylic acid groups (broad SMARTS) is 1. The molecule has 1 unspecified atom stereocenters. The monoisotopic (exact) mass is 259 g/mol. The van der Waals surface area contributed by atoms with Crippen LogP contribution in [-0.4, -0.2) is 23.5 Å². The van der Waals surface area contributed by atoms with Crippen molar-refractivity contribution in [3.05, 3.63) is 35.9 Å². The van der Waals surface area contributed by atoms with Crippen molar-refractivity contribution < 1.29 is 14.7 Å². The molecule has 1 aromatic carbocycles. The van der Waals surface area contributed by atoms with E-state index in [1.807, 2.05) is 37.3 Å². The maximum Gasteiger partial charge on any atom is 0.303 e.